The topological polar surface area (TPSA) is 18.5 Å². The van der Waals surface area contributed by atoms with Crippen molar-refractivity contribution in [1.29, 1.82) is 0 Å². The third kappa shape index (κ3) is 1.74. The first kappa shape index (κ1) is 8.73. The minimum Gasteiger partial charge on any atom is -0.354 e. The van der Waals surface area contributed by atoms with Crippen LogP contribution in [-0.2, 0) is 14.9 Å². The zero-order valence-corrected chi connectivity index (χ0v) is 7.82. The van der Waals surface area contributed by atoms with E-state index in [9.17, 15) is 0 Å². The Morgan fingerprint density at radius 1 is 1.08 bits per heavy atom. The monoisotopic (exact) mass is 178 g/mol. The first-order valence-electron chi connectivity index (χ1n) is 4.52. The molecule has 2 rings (SSSR count). The molecule has 0 aliphatic carbocycles. The highest BCUT2D eigenvalue weighted by molar-refractivity contribution is 5.24. The smallest absolute Gasteiger partial charge is 0.146 e. The van der Waals surface area contributed by atoms with E-state index in [0.29, 0.717) is 6.79 Å². The van der Waals surface area contributed by atoms with E-state index in [1.165, 1.54) is 5.56 Å². The molecule has 1 fully saturated rings. The van der Waals surface area contributed by atoms with E-state index in [0.717, 1.165) is 13.2 Å². The van der Waals surface area contributed by atoms with Crippen molar-refractivity contribution < 1.29 is 9.47 Å². The maximum Gasteiger partial charge on any atom is 0.146 e. The zero-order valence-electron chi connectivity index (χ0n) is 7.82. The number of hydrogen-bond acceptors (Lipinski definition) is 2. The lowest BCUT2D eigenvalue weighted by Crippen LogP contribution is -2.38. The molecule has 0 radical (unpaired) electrons. The summed E-state index contributed by atoms with van der Waals surface area (Å²) in [7, 11) is 0. The van der Waals surface area contributed by atoms with Crippen LogP contribution in [0.2, 0.25) is 0 Å². The fourth-order valence-corrected chi connectivity index (χ4v) is 1.64. The summed E-state index contributed by atoms with van der Waals surface area (Å²) in [5, 5.41) is 0. The maximum atomic E-state index is 5.32. The third-order valence-corrected chi connectivity index (χ3v) is 2.48. The lowest BCUT2D eigenvalue weighted by Gasteiger charge is -2.33. The van der Waals surface area contributed by atoms with Gasteiger partial charge in [0.1, 0.15) is 6.79 Å². The van der Waals surface area contributed by atoms with Gasteiger partial charge in [-0.15, -0.1) is 0 Å². The van der Waals surface area contributed by atoms with Gasteiger partial charge in [-0.1, -0.05) is 37.3 Å². The Hall–Kier alpha value is -0.860. The van der Waals surface area contributed by atoms with E-state index in [-0.39, 0.29) is 5.41 Å². The van der Waals surface area contributed by atoms with Crippen LogP contribution in [0, 0.1) is 0 Å². The lowest BCUT2D eigenvalue weighted by atomic mass is 9.84. The Morgan fingerprint density at radius 3 is 2.31 bits per heavy atom. The van der Waals surface area contributed by atoms with Gasteiger partial charge in [-0.25, -0.2) is 0 Å². The zero-order chi connectivity index (χ0) is 9.15. The van der Waals surface area contributed by atoms with Crippen LogP contribution in [0.1, 0.15) is 12.5 Å². The van der Waals surface area contributed by atoms with E-state index in [4.69, 9.17) is 9.47 Å². The van der Waals surface area contributed by atoms with Crippen molar-refractivity contribution in [2.45, 2.75) is 12.3 Å². The molecule has 0 spiro atoms. The van der Waals surface area contributed by atoms with Crippen LogP contribution >= 0.6 is 0 Å². The second-order valence-corrected chi connectivity index (χ2v) is 3.74. The molecule has 2 nitrogen and oxygen atoms in total. The van der Waals surface area contributed by atoms with Gasteiger partial charge in [0, 0.05) is 5.41 Å². The van der Waals surface area contributed by atoms with Gasteiger partial charge >= 0.3 is 0 Å². The van der Waals surface area contributed by atoms with E-state index < -0.39 is 0 Å². The summed E-state index contributed by atoms with van der Waals surface area (Å²) in [6, 6.07) is 10.4. The van der Waals surface area contributed by atoms with Gasteiger partial charge in [-0.3, -0.25) is 0 Å². The van der Waals surface area contributed by atoms with Crippen molar-refractivity contribution in [2.75, 3.05) is 20.0 Å². The number of benzene rings is 1. The second kappa shape index (κ2) is 3.48. The van der Waals surface area contributed by atoms with Gasteiger partial charge in [0.15, 0.2) is 0 Å². The molecule has 0 N–H and O–H groups in total. The molecule has 1 aliphatic heterocycles. The maximum absolute atomic E-state index is 5.32. The molecule has 0 saturated carbocycles. The minimum atomic E-state index is 0.0273. The van der Waals surface area contributed by atoms with Crippen molar-refractivity contribution in [1.82, 2.24) is 0 Å². The Balaban J connectivity index is 2.23. The number of rotatable bonds is 1. The molecule has 0 unspecified atom stereocenters. The number of hydrogen-bond donors (Lipinski definition) is 0. The van der Waals surface area contributed by atoms with Gasteiger partial charge < -0.3 is 9.47 Å². The van der Waals surface area contributed by atoms with Gasteiger partial charge in [0.25, 0.3) is 0 Å². The largest absolute Gasteiger partial charge is 0.354 e. The highest BCUT2D eigenvalue weighted by Crippen LogP contribution is 2.26. The minimum absolute atomic E-state index is 0.0273. The van der Waals surface area contributed by atoms with Gasteiger partial charge in [-0.05, 0) is 5.56 Å². The van der Waals surface area contributed by atoms with Crippen LogP contribution < -0.4 is 0 Å². The van der Waals surface area contributed by atoms with Crippen LogP contribution in [0.5, 0.6) is 0 Å². The van der Waals surface area contributed by atoms with Crippen molar-refractivity contribution in [3.8, 4) is 0 Å². The predicted molar refractivity (Wildman–Crippen MR) is 50.6 cm³/mol. The molecule has 0 atom stereocenters. The molecule has 1 aromatic carbocycles. The lowest BCUT2D eigenvalue weighted by molar-refractivity contribution is -0.133. The Bertz CT molecular complexity index is 263. The van der Waals surface area contributed by atoms with Crippen molar-refractivity contribution in [3.05, 3.63) is 35.9 Å². The van der Waals surface area contributed by atoms with Crippen LogP contribution in [0.25, 0.3) is 0 Å². The molecule has 1 aliphatic rings. The second-order valence-electron chi connectivity index (χ2n) is 3.74. The highest BCUT2D eigenvalue weighted by Gasteiger charge is 2.30. The Kier molecular flexibility index (Phi) is 2.34. The molecule has 0 bridgehead atoms. The molecule has 70 valence electrons. The van der Waals surface area contributed by atoms with Crippen molar-refractivity contribution in [2.24, 2.45) is 0 Å². The summed E-state index contributed by atoms with van der Waals surface area (Å²) in [6.45, 7) is 4.10. The first-order chi connectivity index (χ1) is 6.31. The molecule has 13 heavy (non-hydrogen) atoms. The predicted octanol–water partition coefficient (Wildman–Crippen LogP) is 1.95. The summed E-state index contributed by atoms with van der Waals surface area (Å²) >= 11 is 0. The third-order valence-electron chi connectivity index (χ3n) is 2.48. The fraction of sp³-hybridized carbons (Fsp3) is 0.455. The van der Waals surface area contributed by atoms with Crippen molar-refractivity contribution in [3.63, 3.8) is 0 Å². The van der Waals surface area contributed by atoms with E-state index in [1.807, 2.05) is 6.07 Å². The molecular formula is C11H14O2. The molecule has 0 aromatic heterocycles. The summed E-state index contributed by atoms with van der Waals surface area (Å²) < 4.78 is 10.6. The van der Waals surface area contributed by atoms with Gasteiger partial charge in [0.2, 0.25) is 0 Å². The molecule has 2 heteroatoms. The number of ether oxygens (including phenoxy) is 2. The molecular weight excluding hydrogens is 164 g/mol. The van der Waals surface area contributed by atoms with Crippen LogP contribution in [0.15, 0.2) is 30.3 Å². The van der Waals surface area contributed by atoms with E-state index in [1.54, 1.807) is 0 Å². The Morgan fingerprint density at radius 2 is 1.69 bits per heavy atom. The molecule has 0 amide bonds. The summed E-state index contributed by atoms with van der Waals surface area (Å²) in [6.07, 6.45) is 0. The highest BCUT2D eigenvalue weighted by atomic mass is 16.7. The van der Waals surface area contributed by atoms with Crippen LogP contribution in [0.4, 0.5) is 0 Å². The van der Waals surface area contributed by atoms with Gasteiger partial charge in [-0.2, -0.15) is 0 Å². The first-order valence-corrected chi connectivity index (χ1v) is 4.52. The normalized spacial score (nSPS) is 21.3. The fourth-order valence-electron chi connectivity index (χ4n) is 1.64. The molecule has 1 aromatic rings. The molecule has 1 heterocycles. The summed E-state index contributed by atoms with van der Waals surface area (Å²) in [5.74, 6) is 0. The average Bonchev–Trinajstić information content (AvgIpc) is 2.20. The van der Waals surface area contributed by atoms with Crippen molar-refractivity contribution >= 4 is 0 Å². The Labute approximate surface area is 78.5 Å². The van der Waals surface area contributed by atoms with Crippen LogP contribution in [-0.4, -0.2) is 20.0 Å². The van der Waals surface area contributed by atoms with Gasteiger partial charge in [0.05, 0.1) is 13.2 Å². The SMILES string of the molecule is CC1(c2ccccc2)COCOC1. The summed E-state index contributed by atoms with van der Waals surface area (Å²) in [5.41, 5.74) is 1.31. The van der Waals surface area contributed by atoms with Crippen LogP contribution in [0.3, 0.4) is 0 Å². The average molecular weight is 178 g/mol. The standard InChI is InChI=1S/C11H14O2/c1-11(7-12-9-13-8-11)10-5-3-2-4-6-10/h2-6H,7-9H2,1H3. The quantitative estimate of drug-likeness (QED) is 0.654. The summed E-state index contributed by atoms with van der Waals surface area (Å²) in [4.78, 5) is 0. The van der Waals surface area contributed by atoms with E-state index >= 15 is 0 Å². The van der Waals surface area contributed by atoms with E-state index in [2.05, 4.69) is 31.2 Å². The molecule has 1 saturated heterocycles.